The molecule has 1 heterocycles. The first-order chi connectivity index (χ1) is 6.95. The Morgan fingerprint density at radius 2 is 2.13 bits per heavy atom. The van der Waals surface area contributed by atoms with Crippen LogP contribution >= 0.6 is 0 Å². The molecule has 4 heteroatoms. The monoisotopic (exact) mass is 203 g/mol. The summed E-state index contributed by atoms with van der Waals surface area (Å²) in [4.78, 5) is 11.6. The normalized spacial score (nSPS) is 10.5. The van der Waals surface area contributed by atoms with Crippen LogP contribution < -0.4 is 5.32 Å². The summed E-state index contributed by atoms with van der Waals surface area (Å²) < 4.78 is 0. The van der Waals surface area contributed by atoms with Gasteiger partial charge in [-0.25, -0.2) is 0 Å². The van der Waals surface area contributed by atoms with E-state index in [1.807, 2.05) is 6.92 Å². The number of hydrogen-bond acceptors (Lipinski definition) is 3. The van der Waals surface area contributed by atoms with Crippen molar-refractivity contribution in [1.82, 2.24) is 10.2 Å². The third-order valence-electron chi connectivity index (χ3n) is 1.97. The second kappa shape index (κ2) is 4.09. The standard InChI is InChI=1S/C11H13N3O/c1-5-11(3,4)10(15)12-9-7-6-8(2)13-14-9/h1,6-7H,2-4H3,(H,12,14,15). The van der Waals surface area contributed by atoms with Crippen molar-refractivity contribution in [2.45, 2.75) is 20.8 Å². The molecule has 0 saturated carbocycles. The molecule has 1 aromatic rings. The molecule has 4 nitrogen and oxygen atoms in total. The van der Waals surface area contributed by atoms with Crippen LogP contribution in [0, 0.1) is 24.7 Å². The fourth-order valence-electron chi connectivity index (χ4n) is 0.804. The van der Waals surface area contributed by atoms with Crippen LogP contribution in [0.2, 0.25) is 0 Å². The lowest BCUT2D eigenvalue weighted by atomic mass is 9.94. The molecule has 0 aliphatic carbocycles. The quantitative estimate of drug-likeness (QED) is 0.739. The predicted molar refractivity (Wildman–Crippen MR) is 58.0 cm³/mol. The maximum absolute atomic E-state index is 11.6. The zero-order valence-corrected chi connectivity index (χ0v) is 9.03. The Kier molecular flexibility index (Phi) is 3.05. The first kappa shape index (κ1) is 11.2. The molecule has 15 heavy (non-hydrogen) atoms. The lowest BCUT2D eigenvalue weighted by Gasteiger charge is -2.15. The number of anilines is 1. The van der Waals surface area contributed by atoms with E-state index < -0.39 is 5.41 Å². The summed E-state index contributed by atoms with van der Waals surface area (Å²) in [5, 5.41) is 10.2. The zero-order chi connectivity index (χ0) is 11.5. The summed E-state index contributed by atoms with van der Waals surface area (Å²) in [7, 11) is 0. The smallest absolute Gasteiger partial charge is 0.243 e. The summed E-state index contributed by atoms with van der Waals surface area (Å²) in [6, 6.07) is 3.46. The van der Waals surface area contributed by atoms with Gasteiger partial charge in [-0.3, -0.25) is 4.79 Å². The van der Waals surface area contributed by atoms with Gasteiger partial charge in [0.1, 0.15) is 5.41 Å². The summed E-state index contributed by atoms with van der Waals surface area (Å²) in [5.41, 5.74) is -0.0451. The van der Waals surface area contributed by atoms with E-state index in [0.717, 1.165) is 5.69 Å². The summed E-state index contributed by atoms with van der Waals surface area (Å²) in [6.45, 7) is 5.16. The molecule has 0 spiro atoms. The zero-order valence-electron chi connectivity index (χ0n) is 9.03. The Bertz CT molecular complexity index is 401. The van der Waals surface area contributed by atoms with E-state index >= 15 is 0 Å². The number of carbonyl (C=O) groups excluding carboxylic acids is 1. The predicted octanol–water partition coefficient (Wildman–Crippen LogP) is 1.38. The maximum atomic E-state index is 11.6. The van der Waals surface area contributed by atoms with Crippen molar-refractivity contribution in [2.24, 2.45) is 5.41 Å². The first-order valence-corrected chi connectivity index (χ1v) is 4.55. The van der Waals surface area contributed by atoms with Gasteiger partial charge in [0.05, 0.1) is 5.69 Å². The van der Waals surface area contributed by atoms with Crippen LogP contribution in [0.3, 0.4) is 0 Å². The van der Waals surface area contributed by atoms with Gasteiger partial charge >= 0.3 is 0 Å². The van der Waals surface area contributed by atoms with Crippen LogP contribution in [0.5, 0.6) is 0 Å². The number of aryl methyl sites for hydroxylation is 1. The Balaban J connectivity index is 2.76. The van der Waals surface area contributed by atoms with E-state index in [1.54, 1.807) is 26.0 Å². The van der Waals surface area contributed by atoms with Gasteiger partial charge in [-0.05, 0) is 32.9 Å². The molecule has 1 N–H and O–H groups in total. The molecule has 0 fully saturated rings. The molecule has 0 radical (unpaired) electrons. The molecule has 0 saturated heterocycles. The van der Waals surface area contributed by atoms with Gasteiger partial charge < -0.3 is 5.32 Å². The molecule has 0 unspecified atom stereocenters. The van der Waals surface area contributed by atoms with Crippen molar-refractivity contribution < 1.29 is 4.79 Å². The van der Waals surface area contributed by atoms with Crippen LogP contribution in [0.15, 0.2) is 12.1 Å². The van der Waals surface area contributed by atoms with E-state index in [4.69, 9.17) is 6.42 Å². The molecule has 1 amide bonds. The van der Waals surface area contributed by atoms with E-state index in [2.05, 4.69) is 21.4 Å². The highest BCUT2D eigenvalue weighted by atomic mass is 16.2. The highest BCUT2D eigenvalue weighted by Gasteiger charge is 2.24. The molecular formula is C11H13N3O. The number of rotatable bonds is 2. The average Bonchev–Trinajstić information content (AvgIpc) is 2.21. The molecule has 78 valence electrons. The van der Waals surface area contributed by atoms with E-state index in [9.17, 15) is 4.79 Å². The van der Waals surface area contributed by atoms with Gasteiger partial charge in [0.2, 0.25) is 5.91 Å². The Morgan fingerprint density at radius 1 is 1.47 bits per heavy atom. The summed E-state index contributed by atoms with van der Waals surface area (Å²) in [6.07, 6.45) is 5.24. The van der Waals surface area contributed by atoms with E-state index in [1.165, 1.54) is 0 Å². The van der Waals surface area contributed by atoms with Gasteiger partial charge in [-0.1, -0.05) is 5.92 Å². The highest BCUT2D eigenvalue weighted by molar-refractivity contribution is 5.96. The minimum Gasteiger partial charge on any atom is -0.308 e. The Labute approximate surface area is 89.1 Å². The van der Waals surface area contributed by atoms with Crippen molar-refractivity contribution in [3.05, 3.63) is 17.8 Å². The van der Waals surface area contributed by atoms with E-state index in [0.29, 0.717) is 5.82 Å². The fourth-order valence-corrected chi connectivity index (χ4v) is 0.804. The number of hydrogen-bond donors (Lipinski definition) is 1. The van der Waals surface area contributed by atoms with Crippen molar-refractivity contribution in [3.63, 3.8) is 0 Å². The number of terminal acetylenes is 1. The van der Waals surface area contributed by atoms with Crippen LogP contribution in [0.4, 0.5) is 5.82 Å². The van der Waals surface area contributed by atoms with Crippen molar-refractivity contribution in [1.29, 1.82) is 0 Å². The van der Waals surface area contributed by atoms with Crippen LogP contribution in [0.25, 0.3) is 0 Å². The molecule has 1 aromatic heterocycles. The minimum absolute atomic E-state index is 0.261. The lowest BCUT2D eigenvalue weighted by Crippen LogP contribution is -2.29. The van der Waals surface area contributed by atoms with Crippen molar-refractivity contribution in [3.8, 4) is 12.3 Å². The third kappa shape index (κ3) is 2.78. The lowest BCUT2D eigenvalue weighted by molar-refractivity contribution is -0.121. The molecule has 0 aliphatic rings. The Morgan fingerprint density at radius 3 is 2.60 bits per heavy atom. The average molecular weight is 203 g/mol. The topological polar surface area (TPSA) is 54.9 Å². The Hall–Kier alpha value is -1.89. The second-order valence-electron chi connectivity index (χ2n) is 3.78. The van der Waals surface area contributed by atoms with Gasteiger partial charge in [-0.15, -0.1) is 11.5 Å². The first-order valence-electron chi connectivity index (χ1n) is 4.55. The maximum Gasteiger partial charge on any atom is 0.243 e. The van der Waals surface area contributed by atoms with Crippen molar-refractivity contribution in [2.75, 3.05) is 5.32 Å². The van der Waals surface area contributed by atoms with Crippen LogP contribution in [-0.4, -0.2) is 16.1 Å². The molecule has 1 rings (SSSR count). The van der Waals surface area contributed by atoms with Gasteiger partial charge in [0.15, 0.2) is 5.82 Å². The van der Waals surface area contributed by atoms with Gasteiger partial charge in [0, 0.05) is 0 Å². The van der Waals surface area contributed by atoms with Crippen LogP contribution in [0.1, 0.15) is 19.5 Å². The number of nitrogens with one attached hydrogen (secondary N) is 1. The number of amides is 1. The van der Waals surface area contributed by atoms with Gasteiger partial charge in [0.25, 0.3) is 0 Å². The fraction of sp³-hybridized carbons (Fsp3) is 0.364. The highest BCUT2D eigenvalue weighted by Crippen LogP contribution is 2.15. The number of nitrogens with zero attached hydrogens (tertiary/aromatic N) is 2. The largest absolute Gasteiger partial charge is 0.308 e. The molecule has 0 bridgehead atoms. The summed E-state index contributed by atoms with van der Waals surface area (Å²) >= 11 is 0. The van der Waals surface area contributed by atoms with Crippen LogP contribution in [-0.2, 0) is 4.79 Å². The third-order valence-corrected chi connectivity index (χ3v) is 1.97. The molecule has 0 atom stereocenters. The molecule has 0 aliphatic heterocycles. The van der Waals surface area contributed by atoms with E-state index in [-0.39, 0.29) is 5.91 Å². The SMILES string of the molecule is C#CC(C)(C)C(=O)Nc1ccc(C)nn1. The summed E-state index contributed by atoms with van der Waals surface area (Å²) in [5.74, 6) is 2.56. The van der Waals surface area contributed by atoms with Gasteiger partial charge in [-0.2, -0.15) is 5.10 Å². The second-order valence-corrected chi connectivity index (χ2v) is 3.78. The molecule has 0 aromatic carbocycles. The minimum atomic E-state index is -0.841. The number of carbonyl (C=O) groups is 1. The molecular weight excluding hydrogens is 190 g/mol. The van der Waals surface area contributed by atoms with Crippen molar-refractivity contribution >= 4 is 11.7 Å². The number of aromatic nitrogens is 2.